The highest BCUT2D eigenvalue weighted by Crippen LogP contribution is 2.45. The number of esters is 2. The van der Waals surface area contributed by atoms with E-state index in [4.69, 9.17) is 28.4 Å². The maximum Gasteiger partial charge on any atom is 0.414 e. The smallest absolute Gasteiger partial charge is 0.414 e. The first-order valence-electron chi connectivity index (χ1n) is 8.68. The lowest BCUT2D eigenvalue weighted by atomic mass is 10.1. The number of benzene rings is 1. The van der Waals surface area contributed by atoms with Gasteiger partial charge in [0.15, 0.2) is 11.5 Å². The Bertz CT molecular complexity index is 911. The molecule has 3 heterocycles. The number of hydrogen-bond acceptors (Lipinski definition) is 10. The van der Waals surface area contributed by atoms with Crippen LogP contribution in [-0.4, -0.2) is 65.5 Å². The summed E-state index contributed by atoms with van der Waals surface area (Å²) in [5.74, 6) is -0.608. The molecule has 154 valence electrons. The van der Waals surface area contributed by atoms with Gasteiger partial charge in [-0.05, 0) is 0 Å². The molecule has 0 radical (unpaired) electrons. The van der Waals surface area contributed by atoms with Crippen molar-refractivity contribution in [1.29, 1.82) is 0 Å². The number of amides is 1. The second kappa shape index (κ2) is 7.51. The van der Waals surface area contributed by atoms with Crippen LogP contribution in [0.25, 0.3) is 0 Å². The Morgan fingerprint density at radius 3 is 2.21 bits per heavy atom. The molecule has 1 aromatic rings. The molecule has 1 saturated heterocycles. The average molecular weight is 406 g/mol. The van der Waals surface area contributed by atoms with Crippen molar-refractivity contribution < 1.29 is 42.8 Å². The summed E-state index contributed by atoms with van der Waals surface area (Å²) < 4.78 is 31.1. The fourth-order valence-corrected chi connectivity index (χ4v) is 3.30. The van der Waals surface area contributed by atoms with Gasteiger partial charge >= 0.3 is 18.0 Å². The Labute approximate surface area is 165 Å². The van der Waals surface area contributed by atoms with E-state index in [0.29, 0.717) is 29.4 Å². The van der Waals surface area contributed by atoms with E-state index in [1.54, 1.807) is 12.1 Å². The van der Waals surface area contributed by atoms with Crippen molar-refractivity contribution >= 4 is 29.4 Å². The topological polar surface area (TPSA) is 113 Å². The number of methoxy groups -OCH3 is 2. The fraction of sp³-hybridized carbons (Fsp3) is 0.389. The normalized spacial score (nSPS) is 18.1. The molecule has 3 aliphatic rings. The number of rotatable bonds is 4. The lowest BCUT2D eigenvalue weighted by Gasteiger charge is -2.33. The fourth-order valence-electron chi connectivity index (χ4n) is 3.30. The predicted octanol–water partition coefficient (Wildman–Crippen LogP) is 0.766. The summed E-state index contributed by atoms with van der Waals surface area (Å²) in [6.07, 6.45) is -0.542. The Kier molecular flexibility index (Phi) is 4.89. The SMILES string of the molecule is COC(=O)C1=C(C(=O)OC)N(c2cc3c(cc2N2CCOC2=O)OCO3)COC1. The van der Waals surface area contributed by atoms with Crippen LogP contribution >= 0.6 is 0 Å². The summed E-state index contributed by atoms with van der Waals surface area (Å²) in [5.41, 5.74) is 0.749. The highest BCUT2D eigenvalue weighted by molar-refractivity contribution is 6.05. The number of ether oxygens (including phenoxy) is 6. The molecule has 0 unspecified atom stereocenters. The van der Waals surface area contributed by atoms with Gasteiger partial charge in [-0.3, -0.25) is 4.90 Å². The van der Waals surface area contributed by atoms with Crippen LogP contribution in [0, 0.1) is 0 Å². The zero-order valence-corrected chi connectivity index (χ0v) is 15.8. The van der Waals surface area contributed by atoms with Crippen molar-refractivity contribution in [1.82, 2.24) is 0 Å². The van der Waals surface area contributed by atoms with Gasteiger partial charge in [-0.15, -0.1) is 0 Å². The molecule has 1 fully saturated rings. The Morgan fingerprint density at radius 2 is 1.62 bits per heavy atom. The van der Waals surface area contributed by atoms with Gasteiger partial charge in [0.25, 0.3) is 0 Å². The number of cyclic esters (lactones) is 1. The van der Waals surface area contributed by atoms with Crippen molar-refractivity contribution in [2.45, 2.75) is 0 Å². The lowest BCUT2D eigenvalue weighted by Crippen LogP contribution is -2.39. The quantitative estimate of drug-likeness (QED) is 0.525. The van der Waals surface area contributed by atoms with Gasteiger partial charge in [-0.2, -0.15) is 0 Å². The van der Waals surface area contributed by atoms with Crippen LogP contribution in [-0.2, 0) is 28.5 Å². The third-order valence-electron chi connectivity index (χ3n) is 4.65. The molecule has 3 aliphatic heterocycles. The highest BCUT2D eigenvalue weighted by Gasteiger charge is 2.37. The van der Waals surface area contributed by atoms with Crippen LogP contribution in [0.5, 0.6) is 11.5 Å². The standard InChI is InChI=1S/C18H18N2O9/c1-24-16(21)10-7-26-8-20(15(10)17(22)25-2)12-6-14-13(28-9-29-14)5-11(12)19-3-4-27-18(19)23/h5-6H,3-4,7-9H2,1-2H3. The van der Waals surface area contributed by atoms with Gasteiger partial charge in [0.05, 0.1) is 44.3 Å². The molecular weight excluding hydrogens is 388 g/mol. The molecule has 0 saturated carbocycles. The third-order valence-corrected chi connectivity index (χ3v) is 4.65. The zero-order chi connectivity index (χ0) is 20.5. The molecule has 0 aromatic heterocycles. The predicted molar refractivity (Wildman–Crippen MR) is 95.6 cm³/mol. The van der Waals surface area contributed by atoms with Crippen molar-refractivity contribution in [3.8, 4) is 11.5 Å². The molecule has 29 heavy (non-hydrogen) atoms. The summed E-state index contributed by atoms with van der Waals surface area (Å²) >= 11 is 0. The van der Waals surface area contributed by atoms with Gasteiger partial charge in [0, 0.05) is 12.1 Å². The Hall–Kier alpha value is -3.47. The van der Waals surface area contributed by atoms with Crippen LogP contribution in [0.3, 0.4) is 0 Å². The van der Waals surface area contributed by atoms with E-state index in [9.17, 15) is 14.4 Å². The van der Waals surface area contributed by atoms with Crippen LogP contribution in [0.15, 0.2) is 23.4 Å². The van der Waals surface area contributed by atoms with Crippen molar-refractivity contribution in [2.75, 3.05) is 57.3 Å². The molecule has 0 atom stereocenters. The van der Waals surface area contributed by atoms with E-state index in [0.717, 1.165) is 0 Å². The number of nitrogens with zero attached hydrogens (tertiary/aromatic N) is 2. The van der Waals surface area contributed by atoms with Gasteiger partial charge in [-0.25, -0.2) is 14.4 Å². The van der Waals surface area contributed by atoms with Crippen molar-refractivity contribution in [3.63, 3.8) is 0 Å². The second-order valence-electron chi connectivity index (χ2n) is 6.18. The average Bonchev–Trinajstić information content (AvgIpc) is 3.39. The first-order valence-corrected chi connectivity index (χ1v) is 8.68. The summed E-state index contributed by atoms with van der Waals surface area (Å²) in [4.78, 5) is 39.8. The first-order chi connectivity index (χ1) is 14.0. The molecule has 0 bridgehead atoms. The van der Waals surface area contributed by atoms with Crippen LogP contribution in [0.1, 0.15) is 0 Å². The molecule has 4 rings (SSSR count). The van der Waals surface area contributed by atoms with E-state index < -0.39 is 18.0 Å². The van der Waals surface area contributed by atoms with Gasteiger partial charge in [-0.1, -0.05) is 0 Å². The molecule has 1 aromatic carbocycles. The van der Waals surface area contributed by atoms with Crippen molar-refractivity contribution in [3.05, 3.63) is 23.4 Å². The van der Waals surface area contributed by atoms with E-state index in [-0.39, 0.29) is 38.0 Å². The van der Waals surface area contributed by atoms with Gasteiger partial charge in [0.2, 0.25) is 6.79 Å². The summed E-state index contributed by atoms with van der Waals surface area (Å²) in [6, 6.07) is 3.22. The summed E-state index contributed by atoms with van der Waals surface area (Å²) in [6.45, 7) is 0.351. The van der Waals surface area contributed by atoms with Crippen LogP contribution in [0.4, 0.5) is 16.2 Å². The van der Waals surface area contributed by atoms with E-state index in [2.05, 4.69) is 0 Å². The largest absolute Gasteiger partial charge is 0.466 e. The highest BCUT2D eigenvalue weighted by atomic mass is 16.7. The lowest BCUT2D eigenvalue weighted by molar-refractivity contribution is -0.140. The first kappa shape index (κ1) is 18.9. The molecule has 11 nitrogen and oxygen atoms in total. The maximum absolute atomic E-state index is 12.6. The van der Waals surface area contributed by atoms with E-state index >= 15 is 0 Å². The zero-order valence-electron chi connectivity index (χ0n) is 15.8. The minimum absolute atomic E-state index is 0.00165. The Morgan fingerprint density at radius 1 is 0.966 bits per heavy atom. The molecule has 0 spiro atoms. The number of fused-ring (bicyclic) bond motifs is 1. The molecule has 1 amide bonds. The number of anilines is 2. The molecular formula is C18H18N2O9. The molecule has 0 N–H and O–H groups in total. The summed E-state index contributed by atoms with van der Waals surface area (Å²) in [5, 5.41) is 0. The van der Waals surface area contributed by atoms with Crippen LogP contribution in [0.2, 0.25) is 0 Å². The maximum atomic E-state index is 12.6. The van der Waals surface area contributed by atoms with Crippen molar-refractivity contribution in [2.24, 2.45) is 0 Å². The minimum atomic E-state index is -0.749. The molecule has 11 heteroatoms. The summed E-state index contributed by atoms with van der Waals surface area (Å²) in [7, 11) is 2.41. The minimum Gasteiger partial charge on any atom is -0.466 e. The van der Waals surface area contributed by atoms with Gasteiger partial charge < -0.3 is 33.3 Å². The van der Waals surface area contributed by atoms with E-state index in [1.165, 1.54) is 24.0 Å². The van der Waals surface area contributed by atoms with Crippen LogP contribution < -0.4 is 19.3 Å². The number of hydrogen-bond donors (Lipinski definition) is 0. The second-order valence-corrected chi connectivity index (χ2v) is 6.18. The Balaban J connectivity index is 1.89. The third kappa shape index (κ3) is 3.18. The van der Waals surface area contributed by atoms with E-state index in [1.807, 2.05) is 0 Å². The number of carbonyl (C=O) groups excluding carboxylic acids is 3. The monoisotopic (exact) mass is 406 g/mol. The molecule has 0 aliphatic carbocycles. The van der Waals surface area contributed by atoms with Gasteiger partial charge in [0.1, 0.15) is 19.0 Å². The number of carbonyl (C=O) groups is 3.